The van der Waals surface area contributed by atoms with Crippen molar-refractivity contribution in [1.82, 2.24) is 0 Å². The van der Waals surface area contributed by atoms with E-state index in [-0.39, 0.29) is 16.6 Å². The Labute approximate surface area is 112 Å². The standard InChI is InChI=1S/C13H11BrO4/c1-6-4-9-11(10(5-6)18-8(3)15)13(16)12(14)7(2)17-9/h4-5H,1-3H3. The van der Waals surface area contributed by atoms with Gasteiger partial charge in [0.1, 0.15) is 27.0 Å². The van der Waals surface area contributed by atoms with Crippen molar-refractivity contribution in [3.05, 3.63) is 38.2 Å². The van der Waals surface area contributed by atoms with E-state index in [2.05, 4.69) is 15.9 Å². The summed E-state index contributed by atoms with van der Waals surface area (Å²) in [5, 5.41) is 0.272. The van der Waals surface area contributed by atoms with Crippen LogP contribution in [0.5, 0.6) is 5.75 Å². The summed E-state index contributed by atoms with van der Waals surface area (Å²) in [5.74, 6) is 0.247. The minimum absolute atomic E-state index is 0.229. The van der Waals surface area contributed by atoms with Crippen molar-refractivity contribution in [2.45, 2.75) is 20.8 Å². The second-order valence-electron chi connectivity index (χ2n) is 4.03. The first-order chi connectivity index (χ1) is 8.40. The fourth-order valence-electron chi connectivity index (χ4n) is 1.74. The molecule has 1 aromatic heterocycles. The Morgan fingerprint density at radius 2 is 2.00 bits per heavy atom. The fourth-order valence-corrected chi connectivity index (χ4v) is 2.02. The van der Waals surface area contributed by atoms with Gasteiger partial charge in [0, 0.05) is 6.92 Å². The van der Waals surface area contributed by atoms with Crippen molar-refractivity contribution in [2.75, 3.05) is 0 Å². The first-order valence-electron chi connectivity index (χ1n) is 5.32. The first kappa shape index (κ1) is 12.8. The van der Waals surface area contributed by atoms with Gasteiger partial charge in [0.15, 0.2) is 0 Å². The Balaban J connectivity index is 2.89. The maximum atomic E-state index is 12.2. The van der Waals surface area contributed by atoms with Gasteiger partial charge in [-0.15, -0.1) is 0 Å². The third kappa shape index (κ3) is 2.18. The number of fused-ring (bicyclic) bond motifs is 1. The Bertz CT molecular complexity index is 700. The van der Waals surface area contributed by atoms with Crippen LogP contribution in [0.15, 0.2) is 25.8 Å². The number of aryl methyl sites for hydroxylation is 2. The van der Waals surface area contributed by atoms with E-state index in [9.17, 15) is 9.59 Å². The molecule has 1 aromatic carbocycles. The summed E-state index contributed by atoms with van der Waals surface area (Å²) < 4.78 is 10.9. The lowest BCUT2D eigenvalue weighted by Gasteiger charge is -2.08. The Hall–Kier alpha value is -1.62. The van der Waals surface area contributed by atoms with Gasteiger partial charge in [0.05, 0.1) is 0 Å². The molecule has 0 radical (unpaired) electrons. The molecule has 0 bridgehead atoms. The molecule has 0 unspecified atom stereocenters. The van der Waals surface area contributed by atoms with Crippen LogP contribution < -0.4 is 10.2 Å². The number of halogens is 1. The number of hydrogen-bond donors (Lipinski definition) is 0. The molecule has 0 atom stereocenters. The molecule has 0 aliphatic rings. The second kappa shape index (κ2) is 4.57. The Morgan fingerprint density at radius 1 is 1.33 bits per heavy atom. The number of benzene rings is 1. The number of hydrogen-bond acceptors (Lipinski definition) is 4. The molecule has 94 valence electrons. The molecule has 0 N–H and O–H groups in total. The summed E-state index contributed by atoms with van der Waals surface area (Å²) in [6, 6.07) is 3.38. The maximum absolute atomic E-state index is 12.2. The third-order valence-electron chi connectivity index (χ3n) is 2.46. The molecule has 0 saturated heterocycles. The predicted molar refractivity (Wildman–Crippen MR) is 71.0 cm³/mol. The van der Waals surface area contributed by atoms with Crippen LogP contribution in [0.2, 0.25) is 0 Å². The molecule has 18 heavy (non-hydrogen) atoms. The number of ether oxygens (including phenoxy) is 1. The highest BCUT2D eigenvalue weighted by Gasteiger charge is 2.15. The minimum atomic E-state index is -0.474. The molecule has 0 amide bonds. The molecule has 4 nitrogen and oxygen atoms in total. The smallest absolute Gasteiger partial charge is 0.308 e. The van der Waals surface area contributed by atoms with Crippen molar-refractivity contribution >= 4 is 32.9 Å². The number of esters is 1. The van der Waals surface area contributed by atoms with Crippen molar-refractivity contribution in [2.24, 2.45) is 0 Å². The summed E-state index contributed by atoms with van der Waals surface area (Å²) in [6.45, 7) is 4.82. The van der Waals surface area contributed by atoms with Crippen LogP contribution in [0.25, 0.3) is 11.0 Å². The average Bonchev–Trinajstić information content (AvgIpc) is 2.24. The van der Waals surface area contributed by atoms with E-state index < -0.39 is 5.97 Å². The van der Waals surface area contributed by atoms with Crippen molar-refractivity contribution in [3.8, 4) is 5.75 Å². The predicted octanol–water partition coefficient (Wildman–Crippen LogP) is 3.10. The van der Waals surface area contributed by atoms with Crippen LogP contribution in [0, 0.1) is 13.8 Å². The number of carbonyl (C=O) groups is 1. The zero-order valence-electron chi connectivity index (χ0n) is 10.2. The lowest BCUT2D eigenvalue weighted by Crippen LogP contribution is -2.09. The van der Waals surface area contributed by atoms with Gasteiger partial charge < -0.3 is 9.15 Å². The van der Waals surface area contributed by atoms with Gasteiger partial charge in [-0.05, 0) is 47.5 Å². The van der Waals surface area contributed by atoms with Crippen molar-refractivity contribution in [3.63, 3.8) is 0 Å². The van der Waals surface area contributed by atoms with Gasteiger partial charge in [0.2, 0.25) is 5.43 Å². The van der Waals surface area contributed by atoms with Gasteiger partial charge in [0.25, 0.3) is 0 Å². The van der Waals surface area contributed by atoms with E-state index in [1.807, 2.05) is 6.92 Å². The van der Waals surface area contributed by atoms with Gasteiger partial charge in [-0.1, -0.05) is 0 Å². The van der Waals surface area contributed by atoms with Crippen LogP contribution in [-0.2, 0) is 4.79 Å². The Kier molecular flexibility index (Phi) is 3.26. The van der Waals surface area contributed by atoms with E-state index in [1.54, 1.807) is 19.1 Å². The van der Waals surface area contributed by atoms with Gasteiger partial charge in [-0.2, -0.15) is 0 Å². The third-order valence-corrected chi connectivity index (χ3v) is 3.38. The van der Waals surface area contributed by atoms with Crippen LogP contribution in [0.4, 0.5) is 0 Å². The normalized spacial score (nSPS) is 10.7. The second-order valence-corrected chi connectivity index (χ2v) is 4.82. The minimum Gasteiger partial charge on any atom is -0.460 e. The van der Waals surface area contributed by atoms with Crippen molar-refractivity contribution < 1.29 is 13.9 Å². The van der Waals surface area contributed by atoms with E-state index in [1.165, 1.54) is 6.92 Å². The van der Waals surface area contributed by atoms with Crippen LogP contribution in [-0.4, -0.2) is 5.97 Å². The SMILES string of the molecule is CC(=O)Oc1cc(C)cc2oc(C)c(Br)c(=O)c12. The zero-order valence-corrected chi connectivity index (χ0v) is 11.8. The largest absolute Gasteiger partial charge is 0.460 e. The maximum Gasteiger partial charge on any atom is 0.308 e. The molecule has 0 aliphatic carbocycles. The summed E-state index contributed by atoms with van der Waals surface area (Å²) >= 11 is 3.17. The van der Waals surface area contributed by atoms with E-state index in [4.69, 9.17) is 9.15 Å². The van der Waals surface area contributed by atoms with E-state index in [0.717, 1.165) is 5.56 Å². The molecular formula is C13H11BrO4. The zero-order chi connectivity index (χ0) is 13.4. The molecular weight excluding hydrogens is 300 g/mol. The first-order valence-corrected chi connectivity index (χ1v) is 6.11. The highest BCUT2D eigenvalue weighted by molar-refractivity contribution is 9.10. The average molecular weight is 311 g/mol. The molecule has 0 saturated carbocycles. The van der Waals surface area contributed by atoms with Crippen molar-refractivity contribution in [1.29, 1.82) is 0 Å². The molecule has 0 aliphatic heterocycles. The molecule has 0 spiro atoms. The van der Waals surface area contributed by atoms with E-state index in [0.29, 0.717) is 15.8 Å². The number of rotatable bonds is 1. The summed E-state index contributed by atoms with van der Waals surface area (Å²) in [4.78, 5) is 23.2. The fraction of sp³-hybridized carbons (Fsp3) is 0.231. The van der Waals surface area contributed by atoms with E-state index >= 15 is 0 Å². The van der Waals surface area contributed by atoms with Gasteiger partial charge in [-0.3, -0.25) is 9.59 Å². The van der Waals surface area contributed by atoms with Crippen LogP contribution >= 0.6 is 15.9 Å². The topological polar surface area (TPSA) is 56.5 Å². The highest BCUT2D eigenvalue weighted by atomic mass is 79.9. The van der Waals surface area contributed by atoms with Gasteiger partial charge >= 0.3 is 5.97 Å². The van der Waals surface area contributed by atoms with Crippen LogP contribution in [0.3, 0.4) is 0 Å². The summed E-state index contributed by atoms with van der Waals surface area (Å²) in [5.41, 5.74) is 1.02. The lowest BCUT2D eigenvalue weighted by molar-refractivity contribution is -0.131. The quantitative estimate of drug-likeness (QED) is 0.600. The molecule has 2 aromatic rings. The van der Waals surface area contributed by atoms with Gasteiger partial charge in [-0.25, -0.2) is 0 Å². The molecule has 0 fully saturated rings. The summed E-state index contributed by atoms with van der Waals surface area (Å²) in [7, 11) is 0. The number of carbonyl (C=O) groups excluding carboxylic acids is 1. The highest BCUT2D eigenvalue weighted by Crippen LogP contribution is 2.28. The summed E-state index contributed by atoms with van der Waals surface area (Å²) in [6.07, 6.45) is 0. The lowest BCUT2D eigenvalue weighted by atomic mass is 10.1. The molecule has 5 heteroatoms. The molecule has 2 rings (SSSR count). The monoisotopic (exact) mass is 310 g/mol. The van der Waals surface area contributed by atoms with Crippen LogP contribution in [0.1, 0.15) is 18.2 Å². The Morgan fingerprint density at radius 3 is 2.61 bits per heavy atom. The molecule has 1 heterocycles.